The molecule has 1 heterocycles. The quantitative estimate of drug-likeness (QED) is 0.822. The lowest BCUT2D eigenvalue weighted by Gasteiger charge is -2.15. The first kappa shape index (κ1) is 11.9. The van der Waals surface area contributed by atoms with E-state index in [0.29, 0.717) is 5.88 Å². The van der Waals surface area contributed by atoms with Crippen LogP contribution < -0.4 is 4.74 Å². The summed E-state index contributed by atoms with van der Waals surface area (Å²) in [6, 6.07) is 0. The van der Waals surface area contributed by atoms with Crippen molar-refractivity contribution in [3.63, 3.8) is 0 Å². The van der Waals surface area contributed by atoms with Gasteiger partial charge in [0.15, 0.2) is 0 Å². The van der Waals surface area contributed by atoms with Crippen molar-refractivity contribution in [2.75, 3.05) is 0 Å². The van der Waals surface area contributed by atoms with Crippen molar-refractivity contribution in [1.29, 1.82) is 0 Å². The van der Waals surface area contributed by atoms with Gasteiger partial charge >= 0.3 is 0 Å². The van der Waals surface area contributed by atoms with Crippen LogP contribution >= 0.6 is 0 Å². The highest BCUT2D eigenvalue weighted by molar-refractivity contribution is 5.12. The summed E-state index contributed by atoms with van der Waals surface area (Å²) in [5, 5.41) is 9.44. The SMILES string of the molecule is CC(C)Oc1cncc(C(C)C(C)O)n1. The third-order valence-corrected chi connectivity index (χ3v) is 2.18. The molecule has 84 valence electrons. The van der Waals surface area contributed by atoms with Gasteiger partial charge < -0.3 is 9.84 Å². The van der Waals surface area contributed by atoms with Crippen LogP contribution in [0, 0.1) is 0 Å². The monoisotopic (exact) mass is 210 g/mol. The van der Waals surface area contributed by atoms with E-state index in [-0.39, 0.29) is 12.0 Å². The number of aliphatic hydroxyl groups excluding tert-OH is 1. The Labute approximate surface area is 90.3 Å². The standard InChI is InChI=1S/C11H18N2O2/c1-7(2)15-11-6-12-5-10(13-11)8(3)9(4)14/h5-9,14H,1-4H3. The molecule has 0 radical (unpaired) electrons. The third-order valence-electron chi connectivity index (χ3n) is 2.18. The van der Waals surface area contributed by atoms with Gasteiger partial charge in [-0.1, -0.05) is 6.92 Å². The average molecular weight is 210 g/mol. The highest BCUT2D eigenvalue weighted by Gasteiger charge is 2.14. The van der Waals surface area contributed by atoms with Gasteiger partial charge in [0.05, 0.1) is 24.1 Å². The molecule has 1 aromatic rings. The van der Waals surface area contributed by atoms with Gasteiger partial charge in [0.25, 0.3) is 0 Å². The molecular formula is C11H18N2O2. The van der Waals surface area contributed by atoms with Crippen LogP contribution in [-0.2, 0) is 0 Å². The van der Waals surface area contributed by atoms with Gasteiger partial charge in [0.2, 0.25) is 5.88 Å². The van der Waals surface area contributed by atoms with E-state index in [1.807, 2.05) is 20.8 Å². The molecule has 2 atom stereocenters. The van der Waals surface area contributed by atoms with Crippen molar-refractivity contribution in [3.8, 4) is 5.88 Å². The molecule has 0 spiro atoms. The topological polar surface area (TPSA) is 55.2 Å². The Bertz CT molecular complexity index is 313. The molecular weight excluding hydrogens is 192 g/mol. The maximum atomic E-state index is 9.44. The number of aliphatic hydroxyl groups is 1. The van der Waals surface area contributed by atoms with Gasteiger partial charge in [-0.3, -0.25) is 4.98 Å². The molecule has 0 aliphatic rings. The van der Waals surface area contributed by atoms with E-state index in [2.05, 4.69) is 9.97 Å². The summed E-state index contributed by atoms with van der Waals surface area (Å²) in [4.78, 5) is 8.33. The molecule has 1 N–H and O–H groups in total. The summed E-state index contributed by atoms with van der Waals surface area (Å²) >= 11 is 0. The zero-order chi connectivity index (χ0) is 11.4. The van der Waals surface area contributed by atoms with Crippen LogP contribution in [0.1, 0.15) is 39.3 Å². The summed E-state index contributed by atoms with van der Waals surface area (Å²) in [5.74, 6) is 0.475. The molecule has 4 nitrogen and oxygen atoms in total. The minimum Gasteiger partial charge on any atom is -0.474 e. The number of rotatable bonds is 4. The molecule has 0 fully saturated rings. The molecule has 4 heteroatoms. The molecule has 0 aliphatic carbocycles. The maximum absolute atomic E-state index is 9.44. The van der Waals surface area contributed by atoms with Crippen molar-refractivity contribution in [2.45, 2.75) is 45.8 Å². The van der Waals surface area contributed by atoms with Crippen LogP contribution in [0.3, 0.4) is 0 Å². The lowest BCUT2D eigenvalue weighted by atomic mass is 10.0. The van der Waals surface area contributed by atoms with Crippen molar-refractivity contribution in [1.82, 2.24) is 9.97 Å². The summed E-state index contributed by atoms with van der Waals surface area (Å²) in [6.45, 7) is 7.52. The molecule has 0 aromatic carbocycles. The first-order chi connectivity index (χ1) is 7.00. The predicted molar refractivity (Wildman–Crippen MR) is 57.9 cm³/mol. The third kappa shape index (κ3) is 3.47. The fraction of sp³-hybridized carbons (Fsp3) is 0.636. The van der Waals surface area contributed by atoms with Crippen molar-refractivity contribution >= 4 is 0 Å². The van der Waals surface area contributed by atoms with Crippen molar-refractivity contribution < 1.29 is 9.84 Å². The lowest BCUT2D eigenvalue weighted by Crippen LogP contribution is -2.14. The van der Waals surface area contributed by atoms with Crippen LogP contribution in [-0.4, -0.2) is 27.3 Å². The van der Waals surface area contributed by atoms with Crippen LogP contribution in [0.25, 0.3) is 0 Å². The molecule has 0 aliphatic heterocycles. The second-order valence-corrected chi connectivity index (χ2v) is 3.98. The second kappa shape index (κ2) is 5.07. The first-order valence-corrected chi connectivity index (χ1v) is 5.17. The second-order valence-electron chi connectivity index (χ2n) is 3.98. The van der Waals surface area contributed by atoms with E-state index in [9.17, 15) is 5.11 Å². The molecule has 0 amide bonds. The van der Waals surface area contributed by atoms with Gasteiger partial charge in [-0.2, -0.15) is 0 Å². The van der Waals surface area contributed by atoms with Crippen molar-refractivity contribution in [3.05, 3.63) is 18.1 Å². The molecule has 2 unspecified atom stereocenters. The van der Waals surface area contributed by atoms with E-state index in [1.54, 1.807) is 19.3 Å². The zero-order valence-electron chi connectivity index (χ0n) is 9.64. The summed E-state index contributed by atoms with van der Waals surface area (Å²) in [7, 11) is 0. The Hall–Kier alpha value is -1.16. The summed E-state index contributed by atoms with van der Waals surface area (Å²) in [6.07, 6.45) is 2.88. The molecule has 15 heavy (non-hydrogen) atoms. The Morgan fingerprint density at radius 3 is 2.40 bits per heavy atom. The van der Waals surface area contributed by atoms with E-state index in [4.69, 9.17) is 4.74 Å². The number of ether oxygens (including phenoxy) is 1. The normalized spacial score (nSPS) is 15.1. The van der Waals surface area contributed by atoms with Crippen LogP contribution in [0.15, 0.2) is 12.4 Å². The minimum absolute atomic E-state index is 0.0341. The van der Waals surface area contributed by atoms with Crippen molar-refractivity contribution in [2.24, 2.45) is 0 Å². The number of nitrogens with zero attached hydrogens (tertiary/aromatic N) is 2. The molecule has 0 saturated carbocycles. The highest BCUT2D eigenvalue weighted by atomic mass is 16.5. The molecule has 1 aromatic heterocycles. The van der Waals surface area contributed by atoms with Crippen LogP contribution in [0.2, 0.25) is 0 Å². The molecule has 0 bridgehead atoms. The average Bonchev–Trinajstić information content (AvgIpc) is 2.16. The molecule has 0 saturated heterocycles. The van der Waals surface area contributed by atoms with Crippen LogP contribution in [0.4, 0.5) is 0 Å². The summed E-state index contributed by atoms with van der Waals surface area (Å²) < 4.78 is 5.43. The Morgan fingerprint density at radius 1 is 1.20 bits per heavy atom. The Balaban J connectivity index is 2.82. The van der Waals surface area contributed by atoms with E-state index in [1.165, 1.54) is 0 Å². The first-order valence-electron chi connectivity index (χ1n) is 5.17. The minimum atomic E-state index is -0.436. The molecule has 1 rings (SSSR count). The van der Waals surface area contributed by atoms with E-state index >= 15 is 0 Å². The fourth-order valence-corrected chi connectivity index (χ4v) is 1.13. The number of hydrogen-bond acceptors (Lipinski definition) is 4. The lowest BCUT2D eigenvalue weighted by molar-refractivity contribution is 0.166. The number of hydrogen-bond donors (Lipinski definition) is 1. The van der Waals surface area contributed by atoms with Gasteiger partial charge in [-0.05, 0) is 20.8 Å². The summed E-state index contributed by atoms with van der Waals surface area (Å²) in [5.41, 5.74) is 0.753. The maximum Gasteiger partial charge on any atom is 0.232 e. The predicted octanol–water partition coefficient (Wildman–Crippen LogP) is 1.75. The van der Waals surface area contributed by atoms with E-state index in [0.717, 1.165) is 5.69 Å². The van der Waals surface area contributed by atoms with Gasteiger partial charge in [0, 0.05) is 12.1 Å². The van der Waals surface area contributed by atoms with Gasteiger partial charge in [0.1, 0.15) is 0 Å². The van der Waals surface area contributed by atoms with Gasteiger partial charge in [-0.15, -0.1) is 0 Å². The van der Waals surface area contributed by atoms with Gasteiger partial charge in [-0.25, -0.2) is 4.98 Å². The number of aromatic nitrogens is 2. The van der Waals surface area contributed by atoms with E-state index < -0.39 is 6.10 Å². The Kier molecular flexibility index (Phi) is 4.03. The van der Waals surface area contributed by atoms with Crippen LogP contribution in [0.5, 0.6) is 5.88 Å². The smallest absolute Gasteiger partial charge is 0.232 e. The highest BCUT2D eigenvalue weighted by Crippen LogP contribution is 2.18. The fourth-order valence-electron chi connectivity index (χ4n) is 1.13. The zero-order valence-corrected chi connectivity index (χ0v) is 9.64. The largest absolute Gasteiger partial charge is 0.474 e. The Morgan fingerprint density at radius 2 is 1.87 bits per heavy atom.